The van der Waals surface area contributed by atoms with Gasteiger partial charge in [0.05, 0.1) is 4.90 Å². The first kappa shape index (κ1) is 20.1. The van der Waals surface area contributed by atoms with Crippen molar-refractivity contribution >= 4 is 26.7 Å². The molecule has 7 heteroatoms. The predicted molar refractivity (Wildman–Crippen MR) is 111 cm³/mol. The summed E-state index contributed by atoms with van der Waals surface area (Å²) in [6, 6.07) is 12.3. The summed E-state index contributed by atoms with van der Waals surface area (Å²) in [6.45, 7) is 4.32. The van der Waals surface area contributed by atoms with Crippen molar-refractivity contribution in [1.29, 1.82) is 0 Å². The molecule has 0 aliphatic carbocycles. The first-order valence-electron chi connectivity index (χ1n) is 9.05. The third-order valence-corrected chi connectivity index (χ3v) is 6.57. The number of anilines is 1. The Morgan fingerprint density at radius 2 is 1.82 bits per heavy atom. The number of rotatable bonds is 6. The van der Waals surface area contributed by atoms with Crippen LogP contribution in [-0.4, -0.2) is 26.8 Å². The molecule has 0 aliphatic rings. The fourth-order valence-electron chi connectivity index (χ4n) is 2.99. The van der Waals surface area contributed by atoms with Gasteiger partial charge in [-0.2, -0.15) is 0 Å². The van der Waals surface area contributed by atoms with E-state index in [0.29, 0.717) is 17.8 Å². The maximum Gasteiger partial charge on any atom is 0.336 e. The highest BCUT2D eigenvalue weighted by Crippen LogP contribution is 2.24. The molecule has 0 saturated carbocycles. The Hall–Kier alpha value is -2.64. The quantitative estimate of drug-likeness (QED) is 0.641. The van der Waals surface area contributed by atoms with Crippen molar-refractivity contribution in [2.24, 2.45) is 0 Å². The molecular formula is C21H24N2O4S. The van der Waals surface area contributed by atoms with Crippen LogP contribution in [0.1, 0.15) is 23.6 Å². The van der Waals surface area contributed by atoms with E-state index >= 15 is 0 Å². The zero-order valence-corrected chi connectivity index (χ0v) is 17.3. The van der Waals surface area contributed by atoms with Gasteiger partial charge >= 0.3 is 5.63 Å². The lowest BCUT2D eigenvalue weighted by Gasteiger charge is -2.15. The summed E-state index contributed by atoms with van der Waals surface area (Å²) in [5.41, 5.74) is 3.67. The topological polar surface area (TPSA) is 79.6 Å². The summed E-state index contributed by atoms with van der Waals surface area (Å²) in [5, 5.41) is 4.13. The summed E-state index contributed by atoms with van der Waals surface area (Å²) in [6.07, 6.45) is 0.856. The lowest BCUT2D eigenvalue weighted by atomic mass is 10.1. The summed E-state index contributed by atoms with van der Waals surface area (Å²) >= 11 is 0. The molecule has 28 heavy (non-hydrogen) atoms. The summed E-state index contributed by atoms with van der Waals surface area (Å²) in [7, 11) is -0.515. The standard InChI is InChI=1S/C21H24N2O4S/c1-5-15-7-9-18-16(11-21(24)27-20(18)10-15)13-22-19-12-17(8-6-14(19)2)28(25,26)23(3)4/h6-12,22H,5,13H2,1-4H3. The smallest absolute Gasteiger partial charge is 0.336 e. The van der Waals surface area contributed by atoms with Crippen molar-refractivity contribution in [1.82, 2.24) is 4.31 Å². The molecule has 0 amide bonds. The van der Waals surface area contributed by atoms with Gasteiger partial charge in [-0.3, -0.25) is 0 Å². The molecule has 0 saturated heterocycles. The SMILES string of the molecule is CCc1ccc2c(CNc3cc(S(=O)(=O)N(C)C)ccc3C)cc(=O)oc2c1. The fraction of sp³-hybridized carbons (Fsp3) is 0.286. The molecule has 0 radical (unpaired) electrons. The Morgan fingerprint density at radius 1 is 1.07 bits per heavy atom. The van der Waals surface area contributed by atoms with Crippen molar-refractivity contribution in [2.45, 2.75) is 31.7 Å². The highest BCUT2D eigenvalue weighted by Gasteiger charge is 2.18. The largest absolute Gasteiger partial charge is 0.423 e. The second-order valence-electron chi connectivity index (χ2n) is 6.89. The van der Waals surface area contributed by atoms with E-state index in [1.165, 1.54) is 24.5 Å². The van der Waals surface area contributed by atoms with E-state index in [9.17, 15) is 13.2 Å². The van der Waals surface area contributed by atoms with Crippen LogP contribution in [0.4, 0.5) is 5.69 Å². The Kier molecular flexibility index (Phi) is 5.58. The molecule has 0 bridgehead atoms. The van der Waals surface area contributed by atoms with Crippen LogP contribution < -0.4 is 10.9 Å². The van der Waals surface area contributed by atoms with Crippen molar-refractivity contribution < 1.29 is 12.8 Å². The minimum Gasteiger partial charge on any atom is -0.423 e. The minimum atomic E-state index is -3.52. The molecule has 3 aromatic rings. The lowest BCUT2D eigenvalue weighted by Crippen LogP contribution is -2.22. The first-order chi connectivity index (χ1) is 13.2. The summed E-state index contributed by atoms with van der Waals surface area (Å²) < 4.78 is 31.3. The molecule has 2 aromatic carbocycles. The number of nitrogens with one attached hydrogen (secondary N) is 1. The highest BCUT2D eigenvalue weighted by molar-refractivity contribution is 7.89. The molecule has 148 valence electrons. The van der Waals surface area contributed by atoms with E-state index in [2.05, 4.69) is 5.32 Å². The third kappa shape index (κ3) is 3.95. The van der Waals surface area contributed by atoms with Crippen molar-refractivity contribution in [2.75, 3.05) is 19.4 Å². The molecule has 0 atom stereocenters. The fourth-order valence-corrected chi connectivity index (χ4v) is 3.92. The maximum absolute atomic E-state index is 12.4. The number of benzene rings is 2. The van der Waals surface area contributed by atoms with Crippen LogP contribution in [0.2, 0.25) is 0 Å². The zero-order valence-electron chi connectivity index (χ0n) is 16.4. The zero-order chi connectivity index (χ0) is 20.5. The molecule has 0 aliphatic heterocycles. The van der Waals surface area contributed by atoms with Gasteiger partial charge in [-0.15, -0.1) is 0 Å². The second-order valence-corrected chi connectivity index (χ2v) is 9.04. The average molecular weight is 401 g/mol. The number of nitrogens with zero attached hydrogens (tertiary/aromatic N) is 1. The van der Waals surface area contributed by atoms with E-state index in [-0.39, 0.29) is 4.90 Å². The Balaban J connectivity index is 1.96. The molecule has 0 unspecified atom stereocenters. The third-order valence-electron chi connectivity index (χ3n) is 4.76. The average Bonchev–Trinajstić information content (AvgIpc) is 2.66. The Bertz CT molecular complexity index is 1180. The molecule has 1 aromatic heterocycles. The van der Waals surface area contributed by atoms with Gasteiger partial charge in [-0.1, -0.05) is 25.1 Å². The van der Waals surface area contributed by atoms with E-state index in [4.69, 9.17) is 4.42 Å². The normalized spacial score (nSPS) is 11.9. The molecule has 1 N–H and O–H groups in total. The predicted octanol–water partition coefficient (Wildman–Crippen LogP) is 3.53. The van der Waals surface area contributed by atoms with Crippen LogP contribution in [0.5, 0.6) is 0 Å². The molecular weight excluding hydrogens is 376 g/mol. The number of aryl methyl sites for hydroxylation is 2. The van der Waals surface area contributed by atoms with Gasteiger partial charge in [0, 0.05) is 37.8 Å². The van der Waals surface area contributed by atoms with Gasteiger partial charge in [0.15, 0.2) is 0 Å². The van der Waals surface area contributed by atoms with Gasteiger partial charge in [0.25, 0.3) is 0 Å². The van der Waals surface area contributed by atoms with E-state index < -0.39 is 15.6 Å². The van der Waals surface area contributed by atoms with Gasteiger partial charge < -0.3 is 9.73 Å². The van der Waals surface area contributed by atoms with Gasteiger partial charge in [0.1, 0.15) is 5.58 Å². The van der Waals surface area contributed by atoms with Crippen LogP contribution >= 0.6 is 0 Å². The molecule has 1 heterocycles. The molecule has 6 nitrogen and oxygen atoms in total. The van der Waals surface area contributed by atoms with E-state index in [1.54, 1.807) is 18.2 Å². The minimum absolute atomic E-state index is 0.218. The van der Waals surface area contributed by atoms with Crippen LogP contribution in [0.3, 0.4) is 0 Å². The first-order valence-corrected chi connectivity index (χ1v) is 10.5. The lowest BCUT2D eigenvalue weighted by molar-refractivity contribution is 0.521. The van der Waals surface area contributed by atoms with Gasteiger partial charge in [0.2, 0.25) is 10.0 Å². The Labute approximate surface area is 164 Å². The van der Waals surface area contributed by atoms with Crippen LogP contribution in [0, 0.1) is 6.92 Å². The number of hydrogen-bond acceptors (Lipinski definition) is 5. The van der Waals surface area contributed by atoms with Crippen LogP contribution in [0.15, 0.2) is 56.6 Å². The summed E-state index contributed by atoms with van der Waals surface area (Å²) in [4.78, 5) is 12.2. The number of fused-ring (bicyclic) bond motifs is 1. The highest BCUT2D eigenvalue weighted by atomic mass is 32.2. The van der Waals surface area contributed by atoms with Gasteiger partial charge in [-0.25, -0.2) is 17.5 Å². The van der Waals surface area contributed by atoms with Crippen LogP contribution in [-0.2, 0) is 23.0 Å². The number of sulfonamides is 1. The molecule has 0 spiro atoms. The van der Waals surface area contributed by atoms with Crippen molar-refractivity contribution in [3.05, 3.63) is 69.6 Å². The monoisotopic (exact) mass is 400 g/mol. The molecule has 3 rings (SSSR count). The van der Waals surface area contributed by atoms with Crippen molar-refractivity contribution in [3.63, 3.8) is 0 Å². The maximum atomic E-state index is 12.4. The van der Waals surface area contributed by atoms with E-state index in [1.807, 2.05) is 32.0 Å². The van der Waals surface area contributed by atoms with Gasteiger partial charge in [-0.05, 0) is 48.2 Å². The summed E-state index contributed by atoms with van der Waals surface area (Å²) in [5.74, 6) is 0. The van der Waals surface area contributed by atoms with Crippen LogP contribution in [0.25, 0.3) is 11.0 Å². The van der Waals surface area contributed by atoms with Crippen molar-refractivity contribution in [3.8, 4) is 0 Å². The Morgan fingerprint density at radius 3 is 2.50 bits per heavy atom. The second kappa shape index (κ2) is 7.77. The number of hydrogen-bond donors (Lipinski definition) is 1. The van der Waals surface area contributed by atoms with E-state index in [0.717, 1.165) is 28.5 Å². The molecule has 0 fully saturated rings.